The van der Waals surface area contributed by atoms with Crippen molar-refractivity contribution in [1.29, 1.82) is 0 Å². The fraction of sp³-hybridized carbons (Fsp3) is 0.481. The second-order valence-corrected chi connectivity index (χ2v) is 9.89. The first-order valence-corrected chi connectivity index (χ1v) is 12.1. The third-order valence-electron chi connectivity index (χ3n) is 7.58. The van der Waals surface area contributed by atoms with Gasteiger partial charge in [0.25, 0.3) is 0 Å². The van der Waals surface area contributed by atoms with Gasteiger partial charge in [-0.1, -0.05) is 26.8 Å². The Morgan fingerprint density at radius 2 is 1.94 bits per heavy atom. The molecule has 1 aromatic carbocycles. The lowest BCUT2D eigenvalue weighted by atomic mass is 9.80. The lowest BCUT2D eigenvalue weighted by Crippen LogP contribution is -2.34. The first-order valence-electron chi connectivity index (χ1n) is 12.1. The zero-order chi connectivity index (χ0) is 22.4. The van der Waals surface area contributed by atoms with Gasteiger partial charge in [0.2, 0.25) is 0 Å². The Balaban J connectivity index is 1.53. The van der Waals surface area contributed by atoms with Gasteiger partial charge in [0.15, 0.2) is 5.65 Å². The number of pyridine rings is 1. The molecule has 0 aliphatic heterocycles. The van der Waals surface area contributed by atoms with Crippen molar-refractivity contribution in [2.24, 2.45) is 0 Å². The molecule has 1 aliphatic carbocycles. The molecule has 5 nitrogen and oxygen atoms in total. The molecule has 1 fully saturated rings. The zero-order valence-corrected chi connectivity index (χ0v) is 20.0. The van der Waals surface area contributed by atoms with Gasteiger partial charge in [-0.2, -0.15) is 5.10 Å². The fourth-order valence-corrected chi connectivity index (χ4v) is 5.65. The van der Waals surface area contributed by atoms with Crippen LogP contribution in [0.1, 0.15) is 75.0 Å². The predicted molar refractivity (Wildman–Crippen MR) is 132 cm³/mol. The van der Waals surface area contributed by atoms with Crippen LogP contribution in [0, 0.1) is 6.92 Å². The third kappa shape index (κ3) is 3.62. The van der Waals surface area contributed by atoms with Crippen molar-refractivity contribution in [3.8, 4) is 11.3 Å². The molecule has 1 aliphatic rings. The summed E-state index contributed by atoms with van der Waals surface area (Å²) in [6, 6.07) is 10.1. The Morgan fingerprint density at radius 3 is 2.66 bits per heavy atom. The molecule has 5 heteroatoms. The first kappa shape index (κ1) is 21.2. The van der Waals surface area contributed by atoms with E-state index in [2.05, 4.69) is 85.2 Å². The highest BCUT2D eigenvalue weighted by molar-refractivity contribution is 5.92. The van der Waals surface area contributed by atoms with Crippen LogP contribution in [-0.4, -0.2) is 44.1 Å². The summed E-state index contributed by atoms with van der Waals surface area (Å²) in [6.45, 7) is 10.1. The maximum Gasteiger partial charge on any atom is 0.158 e. The zero-order valence-electron chi connectivity index (χ0n) is 20.0. The lowest BCUT2D eigenvalue weighted by Gasteiger charge is -2.34. The molecular weight excluding hydrogens is 394 g/mol. The average molecular weight is 430 g/mol. The molecule has 32 heavy (non-hydrogen) atoms. The molecule has 0 unspecified atom stereocenters. The highest BCUT2D eigenvalue weighted by Gasteiger charge is 2.25. The molecule has 1 N–H and O–H groups in total. The molecule has 168 valence electrons. The van der Waals surface area contributed by atoms with Crippen molar-refractivity contribution >= 4 is 16.6 Å². The lowest BCUT2D eigenvalue weighted by molar-refractivity contribution is 0.190. The van der Waals surface area contributed by atoms with E-state index < -0.39 is 0 Å². The van der Waals surface area contributed by atoms with E-state index in [1.165, 1.54) is 59.0 Å². The maximum atomic E-state index is 4.38. The van der Waals surface area contributed by atoms with E-state index in [0.717, 1.165) is 23.8 Å². The van der Waals surface area contributed by atoms with Crippen LogP contribution in [0.25, 0.3) is 27.8 Å². The molecule has 3 aromatic heterocycles. The summed E-state index contributed by atoms with van der Waals surface area (Å²) in [7, 11) is 2.27. The summed E-state index contributed by atoms with van der Waals surface area (Å²) in [4.78, 5) is 10.6. The number of nitrogens with zero attached hydrogens (tertiary/aromatic N) is 4. The molecule has 0 saturated heterocycles. The van der Waals surface area contributed by atoms with E-state index in [-0.39, 0.29) is 0 Å². The topological polar surface area (TPSA) is 49.2 Å². The number of rotatable bonds is 5. The van der Waals surface area contributed by atoms with Crippen LogP contribution in [0.4, 0.5) is 0 Å². The molecule has 0 atom stereocenters. The minimum absolute atomic E-state index is 0.426. The van der Waals surface area contributed by atoms with Crippen LogP contribution < -0.4 is 0 Å². The third-order valence-corrected chi connectivity index (χ3v) is 7.58. The van der Waals surface area contributed by atoms with Crippen LogP contribution in [0.2, 0.25) is 0 Å². The van der Waals surface area contributed by atoms with Gasteiger partial charge in [0.05, 0.1) is 5.69 Å². The van der Waals surface area contributed by atoms with Crippen molar-refractivity contribution in [3.05, 3.63) is 53.5 Å². The number of benzene rings is 1. The average Bonchev–Trinajstić information content (AvgIpc) is 3.43. The van der Waals surface area contributed by atoms with Gasteiger partial charge < -0.3 is 9.88 Å². The van der Waals surface area contributed by atoms with Gasteiger partial charge in [0, 0.05) is 28.7 Å². The molecule has 0 bridgehead atoms. The van der Waals surface area contributed by atoms with Gasteiger partial charge in [-0.25, -0.2) is 9.50 Å². The van der Waals surface area contributed by atoms with E-state index >= 15 is 0 Å². The second kappa shape index (κ2) is 8.36. The monoisotopic (exact) mass is 429 g/mol. The number of hydrogen-bond acceptors (Lipinski definition) is 3. The molecule has 0 spiro atoms. The van der Waals surface area contributed by atoms with Crippen molar-refractivity contribution in [3.63, 3.8) is 0 Å². The molecule has 0 radical (unpaired) electrons. The summed E-state index contributed by atoms with van der Waals surface area (Å²) >= 11 is 0. The van der Waals surface area contributed by atoms with Crippen molar-refractivity contribution in [1.82, 2.24) is 24.5 Å². The summed E-state index contributed by atoms with van der Waals surface area (Å²) in [5, 5.41) is 5.75. The van der Waals surface area contributed by atoms with Crippen LogP contribution in [0.3, 0.4) is 0 Å². The van der Waals surface area contributed by atoms with Gasteiger partial charge in [-0.3, -0.25) is 0 Å². The summed E-state index contributed by atoms with van der Waals surface area (Å²) in [5.41, 5.74) is 8.57. The number of H-pyrrole nitrogens is 1. The highest BCUT2D eigenvalue weighted by atomic mass is 15.3. The first-order chi connectivity index (χ1) is 15.5. The fourth-order valence-electron chi connectivity index (χ4n) is 5.65. The number of hydrogen-bond donors (Lipinski definition) is 1. The quantitative estimate of drug-likeness (QED) is 0.406. The van der Waals surface area contributed by atoms with E-state index in [1.54, 1.807) is 6.33 Å². The second-order valence-electron chi connectivity index (χ2n) is 9.89. The van der Waals surface area contributed by atoms with Crippen LogP contribution in [0.5, 0.6) is 0 Å². The number of fused-ring (bicyclic) bond motifs is 2. The van der Waals surface area contributed by atoms with Gasteiger partial charge in [-0.15, -0.1) is 0 Å². The smallest absolute Gasteiger partial charge is 0.158 e. The highest BCUT2D eigenvalue weighted by Crippen LogP contribution is 2.40. The Hall–Kier alpha value is -2.66. The van der Waals surface area contributed by atoms with Crippen LogP contribution in [-0.2, 0) is 0 Å². The van der Waals surface area contributed by atoms with Crippen molar-refractivity contribution < 1.29 is 0 Å². The number of aromatic nitrogens is 4. The van der Waals surface area contributed by atoms with E-state index in [4.69, 9.17) is 0 Å². The Morgan fingerprint density at radius 1 is 1.16 bits per heavy atom. The Labute approximate surface area is 190 Å². The Kier molecular flexibility index (Phi) is 5.54. The van der Waals surface area contributed by atoms with E-state index in [9.17, 15) is 0 Å². The summed E-state index contributed by atoms with van der Waals surface area (Å²) in [5.74, 6) is 1.10. The normalized spacial score (nSPS) is 19.6. The van der Waals surface area contributed by atoms with Crippen molar-refractivity contribution in [2.45, 2.75) is 71.3 Å². The van der Waals surface area contributed by atoms with E-state index in [0.29, 0.717) is 11.8 Å². The predicted octanol–water partition coefficient (Wildman–Crippen LogP) is 6.29. The molecule has 4 aromatic rings. The molecule has 1 saturated carbocycles. The number of nitrogens with one attached hydrogen (secondary N) is 1. The summed E-state index contributed by atoms with van der Waals surface area (Å²) in [6.07, 6.45) is 8.91. The molecular formula is C27H35N5. The number of aromatic amines is 1. The van der Waals surface area contributed by atoms with Gasteiger partial charge in [0.1, 0.15) is 6.33 Å². The minimum atomic E-state index is 0.426. The molecule has 5 rings (SSSR count). The minimum Gasteiger partial charge on any atom is -0.354 e. The summed E-state index contributed by atoms with van der Waals surface area (Å²) < 4.78 is 1.89. The SMILES string of the molecule is CCN(C)C1CCC(c2ccc3[nH]c(-c4cc(C)c5ncnn5c4)c(C(C)C)c3c2)CC1. The Bertz CT molecular complexity index is 1240. The van der Waals surface area contributed by atoms with Crippen molar-refractivity contribution in [2.75, 3.05) is 13.6 Å². The van der Waals surface area contributed by atoms with Gasteiger partial charge >= 0.3 is 0 Å². The van der Waals surface area contributed by atoms with Crippen LogP contribution >= 0.6 is 0 Å². The standard InChI is InChI=1S/C27H35N5/c1-6-31(5)22-10-7-19(8-11-22)20-9-12-24-23(14-20)25(17(2)3)26(30-24)21-13-18(4)27-28-16-29-32(27)15-21/h9,12-17,19,22,30H,6-8,10-11H2,1-5H3. The molecule has 0 amide bonds. The molecule has 3 heterocycles. The van der Waals surface area contributed by atoms with Crippen LogP contribution in [0.15, 0.2) is 36.8 Å². The largest absolute Gasteiger partial charge is 0.354 e. The van der Waals surface area contributed by atoms with E-state index in [1.807, 2.05) is 4.52 Å². The van der Waals surface area contributed by atoms with Gasteiger partial charge in [-0.05, 0) is 92.9 Å². The number of aryl methyl sites for hydroxylation is 1. The maximum absolute atomic E-state index is 4.38.